The molecular weight excluding hydrogens is 538 g/mol. The number of fused-ring (bicyclic) bond motifs is 7. The molecule has 0 radical (unpaired) electrons. The number of para-hydroxylation sites is 2. The number of aromatic nitrogens is 3. The predicted octanol–water partition coefficient (Wildman–Crippen LogP) is 10.6. The van der Waals surface area contributed by atoms with E-state index in [1.54, 1.807) is 0 Å². The Hall–Kier alpha value is -5.74. The van der Waals surface area contributed by atoms with Gasteiger partial charge in [-0.15, -0.1) is 0 Å². The minimum atomic E-state index is 0.790. The summed E-state index contributed by atoms with van der Waals surface area (Å²) in [5.41, 5.74) is 12.0. The van der Waals surface area contributed by atoms with Gasteiger partial charge in [0.05, 0.1) is 22.6 Å². The van der Waals surface area contributed by atoms with Gasteiger partial charge in [0.25, 0.3) is 0 Å². The molecule has 0 spiro atoms. The molecule has 9 rings (SSSR count). The molecule has 0 N–H and O–H groups in total. The molecule has 0 fully saturated rings. The van der Waals surface area contributed by atoms with E-state index in [0.29, 0.717) is 0 Å². The normalized spacial score (nSPS) is 11.9. The number of benzene rings is 5. The van der Waals surface area contributed by atoms with E-state index in [2.05, 4.69) is 127 Å². The standard InChI is InChI=1S/C40H27N3O/c1-24-25(2)43(29-12-4-3-5-13-29)39-34(24)22-35(40-37(39)33-18-20-41-23-36(33)44-40)32-15-7-10-27-21-28(16-17-30(27)32)31-14-6-9-26-11-8-19-42-38(26)31/h3-23H,1-2H3. The lowest BCUT2D eigenvalue weighted by atomic mass is 9.92. The molecule has 0 atom stereocenters. The van der Waals surface area contributed by atoms with Gasteiger partial charge in [0.1, 0.15) is 5.58 Å². The highest BCUT2D eigenvalue weighted by Gasteiger charge is 2.23. The van der Waals surface area contributed by atoms with Gasteiger partial charge in [-0.3, -0.25) is 9.97 Å². The van der Waals surface area contributed by atoms with Crippen molar-refractivity contribution in [1.29, 1.82) is 0 Å². The molecule has 0 saturated heterocycles. The van der Waals surface area contributed by atoms with Crippen molar-refractivity contribution >= 4 is 54.5 Å². The van der Waals surface area contributed by atoms with Crippen LogP contribution in [0.5, 0.6) is 0 Å². The van der Waals surface area contributed by atoms with Crippen LogP contribution in [0.3, 0.4) is 0 Å². The summed E-state index contributed by atoms with van der Waals surface area (Å²) in [6.07, 6.45) is 5.55. The zero-order chi connectivity index (χ0) is 29.4. The Morgan fingerprint density at radius 2 is 1.45 bits per heavy atom. The number of hydrogen-bond donors (Lipinski definition) is 0. The highest BCUT2D eigenvalue weighted by atomic mass is 16.3. The number of furan rings is 1. The summed E-state index contributed by atoms with van der Waals surface area (Å²) in [5, 5.41) is 6.91. The van der Waals surface area contributed by atoms with Crippen LogP contribution in [0.4, 0.5) is 0 Å². The van der Waals surface area contributed by atoms with Gasteiger partial charge in [0, 0.05) is 51.1 Å². The molecule has 0 bridgehead atoms. The summed E-state index contributed by atoms with van der Waals surface area (Å²) in [4.78, 5) is 9.10. The Morgan fingerprint density at radius 3 is 2.34 bits per heavy atom. The van der Waals surface area contributed by atoms with E-state index >= 15 is 0 Å². The van der Waals surface area contributed by atoms with E-state index in [4.69, 9.17) is 9.40 Å². The number of pyridine rings is 2. The van der Waals surface area contributed by atoms with Crippen LogP contribution in [-0.2, 0) is 0 Å². The molecule has 5 aromatic carbocycles. The van der Waals surface area contributed by atoms with E-state index in [0.717, 1.165) is 60.8 Å². The fraction of sp³-hybridized carbons (Fsp3) is 0.0500. The largest absolute Gasteiger partial charge is 0.454 e. The summed E-state index contributed by atoms with van der Waals surface area (Å²) in [6, 6.07) is 38.8. The van der Waals surface area contributed by atoms with E-state index in [1.807, 2.05) is 24.7 Å². The van der Waals surface area contributed by atoms with Gasteiger partial charge in [-0.05, 0) is 77.7 Å². The fourth-order valence-electron chi connectivity index (χ4n) is 6.96. The van der Waals surface area contributed by atoms with Gasteiger partial charge < -0.3 is 8.98 Å². The van der Waals surface area contributed by atoms with Crippen LogP contribution in [0.2, 0.25) is 0 Å². The van der Waals surface area contributed by atoms with Crippen molar-refractivity contribution < 1.29 is 4.42 Å². The maximum atomic E-state index is 6.69. The first-order valence-corrected chi connectivity index (χ1v) is 14.9. The molecule has 0 aliphatic heterocycles. The maximum Gasteiger partial charge on any atom is 0.153 e. The molecule has 0 aliphatic rings. The van der Waals surface area contributed by atoms with Gasteiger partial charge >= 0.3 is 0 Å². The molecule has 4 heterocycles. The number of nitrogens with zero attached hydrogens (tertiary/aromatic N) is 3. The lowest BCUT2D eigenvalue weighted by Crippen LogP contribution is -1.96. The second-order valence-corrected chi connectivity index (χ2v) is 11.5. The zero-order valence-electron chi connectivity index (χ0n) is 24.4. The van der Waals surface area contributed by atoms with Crippen molar-refractivity contribution in [2.45, 2.75) is 13.8 Å². The first-order chi connectivity index (χ1) is 21.7. The number of rotatable bonds is 3. The van der Waals surface area contributed by atoms with Crippen molar-refractivity contribution in [2.24, 2.45) is 0 Å². The molecule has 0 unspecified atom stereocenters. The molecular formula is C40H27N3O. The van der Waals surface area contributed by atoms with Crippen molar-refractivity contribution in [3.05, 3.63) is 139 Å². The summed E-state index contributed by atoms with van der Waals surface area (Å²) >= 11 is 0. The Bertz CT molecular complexity index is 2570. The third kappa shape index (κ3) is 3.51. The summed E-state index contributed by atoms with van der Waals surface area (Å²) in [7, 11) is 0. The quantitative estimate of drug-likeness (QED) is 0.214. The molecule has 0 saturated carbocycles. The van der Waals surface area contributed by atoms with Gasteiger partial charge in [0.2, 0.25) is 0 Å². The van der Waals surface area contributed by atoms with E-state index in [9.17, 15) is 0 Å². The fourth-order valence-corrected chi connectivity index (χ4v) is 6.96. The monoisotopic (exact) mass is 565 g/mol. The Morgan fingerprint density at radius 1 is 0.636 bits per heavy atom. The van der Waals surface area contributed by atoms with Crippen LogP contribution in [0.25, 0.3) is 82.5 Å². The molecule has 44 heavy (non-hydrogen) atoms. The maximum absolute atomic E-state index is 6.69. The van der Waals surface area contributed by atoms with Gasteiger partial charge in [-0.1, -0.05) is 72.8 Å². The Labute approximate surface area is 253 Å². The van der Waals surface area contributed by atoms with Crippen LogP contribution < -0.4 is 0 Å². The molecule has 4 heteroatoms. The average Bonchev–Trinajstić information content (AvgIpc) is 3.58. The predicted molar refractivity (Wildman–Crippen MR) is 182 cm³/mol. The first kappa shape index (κ1) is 24.8. The highest BCUT2D eigenvalue weighted by Crippen LogP contribution is 2.45. The lowest BCUT2D eigenvalue weighted by Gasteiger charge is -2.13. The Kier molecular flexibility index (Phi) is 5.29. The molecule has 208 valence electrons. The Balaban J connectivity index is 1.35. The van der Waals surface area contributed by atoms with Crippen molar-refractivity contribution in [1.82, 2.24) is 14.5 Å². The van der Waals surface area contributed by atoms with Crippen molar-refractivity contribution in [2.75, 3.05) is 0 Å². The minimum Gasteiger partial charge on any atom is -0.454 e. The second kappa shape index (κ2) is 9.38. The van der Waals surface area contributed by atoms with Crippen LogP contribution in [-0.4, -0.2) is 14.5 Å². The van der Waals surface area contributed by atoms with Crippen LogP contribution in [0, 0.1) is 13.8 Å². The molecule has 4 aromatic heterocycles. The van der Waals surface area contributed by atoms with E-state index in [-0.39, 0.29) is 0 Å². The van der Waals surface area contributed by atoms with Crippen LogP contribution >= 0.6 is 0 Å². The molecule has 0 amide bonds. The SMILES string of the molecule is Cc1c(C)n(-c2ccccc2)c2c1cc(-c1cccc3cc(-c4cccc5cccnc45)ccc13)c1oc3cnccc3c12. The minimum absolute atomic E-state index is 0.790. The molecule has 4 nitrogen and oxygen atoms in total. The summed E-state index contributed by atoms with van der Waals surface area (Å²) in [5.74, 6) is 0. The summed E-state index contributed by atoms with van der Waals surface area (Å²) in [6.45, 7) is 4.43. The van der Waals surface area contributed by atoms with Crippen LogP contribution in [0.1, 0.15) is 11.3 Å². The topological polar surface area (TPSA) is 43.9 Å². The van der Waals surface area contributed by atoms with E-state index in [1.165, 1.54) is 32.9 Å². The number of hydrogen-bond acceptors (Lipinski definition) is 3. The lowest BCUT2D eigenvalue weighted by molar-refractivity contribution is 0.668. The van der Waals surface area contributed by atoms with Gasteiger partial charge in [-0.2, -0.15) is 0 Å². The smallest absolute Gasteiger partial charge is 0.153 e. The van der Waals surface area contributed by atoms with Crippen molar-refractivity contribution in [3.8, 4) is 27.9 Å². The third-order valence-corrected chi connectivity index (χ3v) is 9.15. The zero-order valence-corrected chi connectivity index (χ0v) is 24.4. The highest BCUT2D eigenvalue weighted by molar-refractivity contribution is 6.23. The first-order valence-electron chi connectivity index (χ1n) is 14.9. The van der Waals surface area contributed by atoms with Gasteiger partial charge in [-0.25, -0.2) is 0 Å². The molecule has 9 aromatic rings. The van der Waals surface area contributed by atoms with Crippen LogP contribution in [0.15, 0.2) is 132 Å². The van der Waals surface area contributed by atoms with Crippen molar-refractivity contribution in [3.63, 3.8) is 0 Å². The molecule has 0 aliphatic carbocycles. The number of aryl methyl sites for hydroxylation is 1. The third-order valence-electron chi connectivity index (χ3n) is 9.15. The van der Waals surface area contributed by atoms with Gasteiger partial charge in [0.15, 0.2) is 5.58 Å². The second-order valence-electron chi connectivity index (χ2n) is 11.5. The average molecular weight is 566 g/mol. The summed E-state index contributed by atoms with van der Waals surface area (Å²) < 4.78 is 9.07. The van der Waals surface area contributed by atoms with E-state index < -0.39 is 0 Å².